The minimum Gasteiger partial charge on any atom is -0.486 e. The summed E-state index contributed by atoms with van der Waals surface area (Å²) in [5, 5.41) is 2.07. The van der Waals surface area contributed by atoms with Crippen LogP contribution >= 0.6 is 0 Å². The van der Waals surface area contributed by atoms with Crippen molar-refractivity contribution in [1.29, 1.82) is 0 Å². The zero-order chi connectivity index (χ0) is 41.5. The van der Waals surface area contributed by atoms with Crippen LogP contribution in [0.5, 0.6) is 0 Å². The van der Waals surface area contributed by atoms with Gasteiger partial charge in [-0.3, -0.25) is 4.98 Å². The molecule has 60 heavy (non-hydrogen) atoms. The van der Waals surface area contributed by atoms with E-state index in [0.29, 0.717) is 11.6 Å². The Morgan fingerprint density at radius 2 is 1.48 bits per heavy atom. The maximum absolute atomic E-state index is 6.52. The molecule has 0 fully saturated rings. The standard InChI is InChI=1S/C35H28N3O.C18H24GeN.Ir/c1-22-14-19-27(32-31(22)26-20-21-30(35(2,3)4)37-34(26)39-32)33-36-28-12-8-9-13-29(28)38(33)25-17-15-24(16-18-25)23-10-6-5-7-11-23;1-14(2)11-16-12-18(15-9-7-6-8-10-15)20-13-17(16)19(3,4)5;/h5-18,20-21H,1-4H3;6-9,12-14H,11H2,1-5H3;/q2*-1;. The van der Waals surface area contributed by atoms with Crippen LogP contribution < -0.4 is 4.40 Å². The largest absolute Gasteiger partial charge is 0.486 e. The molecule has 0 aliphatic rings. The van der Waals surface area contributed by atoms with Crippen molar-refractivity contribution in [3.05, 3.63) is 163 Å². The Morgan fingerprint density at radius 1 is 0.783 bits per heavy atom. The zero-order valence-electron chi connectivity index (χ0n) is 36.0. The number of aromatic nitrogens is 4. The van der Waals surface area contributed by atoms with Crippen molar-refractivity contribution < 1.29 is 24.5 Å². The van der Waals surface area contributed by atoms with E-state index < -0.39 is 13.3 Å². The summed E-state index contributed by atoms with van der Waals surface area (Å²) in [5.41, 5.74) is 13.3. The molecule has 305 valence electrons. The first-order valence-corrected chi connectivity index (χ1v) is 28.0. The Hall–Kier alpha value is -5.14. The smallest absolute Gasteiger partial charge is 0.216 e. The van der Waals surface area contributed by atoms with Gasteiger partial charge in [-0.15, -0.1) is 17.7 Å². The molecule has 0 unspecified atom stereocenters. The van der Waals surface area contributed by atoms with E-state index in [2.05, 4.69) is 173 Å². The number of hydrogen-bond acceptors (Lipinski definition) is 4. The fraction of sp³-hybridized carbons (Fsp3) is 0.226. The number of nitrogens with zero attached hydrogens (tertiary/aromatic N) is 4. The van der Waals surface area contributed by atoms with Gasteiger partial charge >= 0.3 is 126 Å². The van der Waals surface area contributed by atoms with E-state index in [1.807, 2.05) is 36.4 Å². The molecule has 4 heterocycles. The van der Waals surface area contributed by atoms with E-state index in [0.717, 1.165) is 73.4 Å². The molecule has 0 saturated heterocycles. The van der Waals surface area contributed by atoms with Crippen molar-refractivity contribution in [1.82, 2.24) is 19.5 Å². The number of rotatable bonds is 7. The molecule has 0 saturated carbocycles. The summed E-state index contributed by atoms with van der Waals surface area (Å²) in [6.07, 6.45) is 3.27. The van der Waals surface area contributed by atoms with Crippen LogP contribution in [0.4, 0.5) is 0 Å². The predicted octanol–water partition coefficient (Wildman–Crippen LogP) is 13.3. The van der Waals surface area contributed by atoms with Crippen molar-refractivity contribution >= 4 is 50.8 Å². The normalized spacial score (nSPS) is 11.8. The summed E-state index contributed by atoms with van der Waals surface area (Å²) in [7, 11) is 0. The van der Waals surface area contributed by atoms with Gasteiger partial charge in [0.1, 0.15) is 0 Å². The Morgan fingerprint density at radius 3 is 2.17 bits per heavy atom. The van der Waals surface area contributed by atoms with Gasteiger partial charge in [-0.05, 0) is 47.5 Å². The molecule has 0 bridgehead atoms. The number of fused-ring (bicyclic) bond motifs is 4. The van der Waals surface area contributed by atoms with Gasteiger partial charge in [0.2, 0.25) is 5.71 Å². The minimum atomic E-state index is -1.86. The number of hydrogen-bond donors (Lipinski definition) is 0. The fourth-order valence-corrected chi connectivity index (χ4v) is 11.2. The Labute approximate surface area is 371 Å². The molecule has 0 aliphatic heterocycles. The molecule has 4 aromatic heterocycles. The third-order valence-electron chi connectivity index (χ3n) is 10.8. The molecule has 0 spiro atoms. The fourth-order valence-electron chi connectivity index (χ4n) is 7.82. The van der Waals surface area contributed by atoms with Crippen LogP contribution in [-0.4, -0.2) is 32.8 Å². The maximum atomic E-state index is 6.52. The third-order valence-corrected chi connectivity index (χ3v) is 15.1. The first-order valence-electron chi connectivity index (χ1n) is 20.6. The first-order chi connectivity index (χ1) is 28.3. The predicted molar refractivity (Wildman–Crippen MR) is 249 cm³/mol. The van der Waals surface area contributed by atoms with Crippen molar-refractivity contribution in [2.45, 2.75) is 70.6 Å². The second-order valence-corrected chi connectivity index (χ2v) is 28.5. The van der Waals surface area contributed by atoms with Gasteiger partial charge in [0.15, 0.2) is 0 Å². The molecule has 0 N–H and O–H groups in total. The molecule has 5 aromatic carbocycles. The van der Waals surface area contributed by atoms with Crippen LogP contribution in [0.2, 0.25) is 17.3 Å². The second-order valence-electron chi connectivity index (χ2n) is 18.0. The molecule has 0 aliphatic carbocycles. The molecule has 0 atom stereocenters. The van der Waals surface area contributed by atoms with Gasteiger partial charge in [0, 0.05) is 42.3 Å². The zero-order valence-corrected chi connectivity index (χ0v) is 40.5. The Kier molecular flexibility index (Phi) is 12.5. The van der Waals surface area contributed by atoms with Crippen molar-refractivity contribution in [3.8, 4) is 39.5 Å². The average molecular weight is 1030 g/mol. The van der Waals surface area contributed by atoms with Crippen LogP contribution in [0.15, 0.2) is 138 Å². The van der Waals surface area contributed by atoms with Gasteiger partial charge in [0.05, 0.1) is 22.4 Å². The van der Waals surface area contributed by atoms with Crippen LogP contribution in [-0.2, 0) is 31.9 Å². The van der Waals surface area contributed by atoms with Crippen LogP contribution in [0.3, 0.4) is 0 Å². The summed E-state index contributed by atoms with van der Waals surface area (Å²) >= 11 is -1.86. The average Bonchev–Trinajstić information content (AvgIpc) is 3.80. The molecule has 7 heteroatoms. The summed E-state index contributed by atoms with van der Waals surface area (Å²) in [6, 6.07) is 50.7. The Balaban J connectivity index is 0.000000220. The van der Waals surface area contributed by atoms with Crippen molar-refractivity contribution in [2.75, 3.05) is 0 Å². The van der Waals surface area contributed by atoms with Crippen LogP contribution in [0, 0.1) is 25.0 Å². The minimum absolute atomic E-state index is 0. The van der Waals surface area contributed by atoms with E-state index in [9.17, 15) is 0 Å². The van der Waals surface area contributed by atoms with E-state index >= 15 is 0 Å². The molecule has 5 nitrogen and oxygen atoms in total. The molecule has 9 aromatic rings. The first kappa shape index (κ1) is 43.0. The molecular weight excluding hydrogens is 973 g/mol. The Bertz CT molecular complexity index is 2900. The van der Waals surface area contributed by atoms with Crippen molar-refractivity contribution in [2.24, 2.45) is 5.92 Å². The summed E-state index contributed by atoms with van der Waals surface area (Å²) in [5.74, 6) is 8.79. The number of furan rings is 1. The molecule has 1 radical (unpaired) electrons. The van der Waals surface area contributed by atoms with Gasteiger partial charge in [-0.2, -0.15) is 0 Å². The van der Waals surface area contributed by atoms with Gasteiger partial charge in [-0.1, -0.05) is 93.2 Å². The van der Waals surface area contributed by atoms with Crippen LogP contribution in [0.25, 0.3) is 72.6 Å². The van der Waals surface area contributed by atoms with Gasteiger partial charge < -0.3 is 8.98 Å². The number of benzene rings is 5. The summed E-state index contributed by atoms with van der Waals surface area (Å²) in [4.78, 5) is 14.7. The summed E-state index contributed by atoms with van der Waals surface area (Å²) < 4.78 is 10.3. The third kappa shape index (κ3) is 8.83. The molecule has 9 rings (SSSR count). The van der Waals surface area contributed by atoms with Gasteiger partial charge in [-0.25, -0.2) is 4.98 Å². The number of aryl methyl sites for hydroxylation is 1. The van der Waals surface area contributed by atoms with E-state index in [-0.39, 0.29) is 25.5 Å². The topological polar surface area (TPSA) is 56.7 Å². The number of imidazole rings is 1. The maximum Gasteiger partial charge on any atom is 0.216 e. The van der Waals surface area contributed by atoms with E-state index in [1.165, 1.54) is 16.7 Å². The monoisotopic (exact) mass is 1030 g/mol. The van der Waals surface area contributed by atoms with E-state index in [1.54, 1.807) is 4.40 Å². The molecule has 0 amide bonds. The molecular formula is C53H52GeIrN4O-2. The van der Waals surface area contributed by atoms with Crippen LogP contribution in [0.1, 0.15) is 51.4 Å². The quantitative estimate of drug-likeness (QED) is 0.118. The van der Waals surface area contributed by atoms with Gasteiger partial charge in [0.25, 0.3) is 0 Å². The number of pyridine rings is 2. The van der Waals surface area contributed by atoms with Crippen molar-refractivity contribution in [3.63, 3.8) is 0 Å². The second kappa shape index (κ2) is 17.5. The summed E-state index contributed by atoms with van der Waals surface area (Å²) in [6.45, 7) is 13.2. The number of para-hydroxylation sites is 2. The SMILES string of the molecule is CC(C)Cc1cc(-c2[c-]cccc2)nc[c]1[Ge]([CH3])([CH3])[CH3].Cc1c[c-]c(-c2nc3ccccc3n2-c2ccc(-c3ccccc3)cc2)c2oc3nc(C(C)(C)C)ccc3c12.[Ir]. The van der Waals surface area contributed by atoms with E-state index in [4.69, 9.17) is 19.4 Å².